The minimum absolute atomic E-state index is 0.0737. The van der Waals surface area contributed by atoms with Gasteiger partial charge in [0, 0.05) is 22.2 Å². The molecular formula is C23H24N2O4. The van der Waals surface area contributed by atoms with Crippen molar-refractivity contribution in [1.82, 2.24) is 0 Å². The summed E-state index contributed by atoms with van der Waals surface area (Å²) in [6, 6.07) is 12.2. The minimum Gasteiger partial charge on any atom is -0.496 e. The van der Waals surface area contributed by atoms with E-state index in [1.54, 1.807) is 37.5 Å². The number of benzene rings is 2. The van der Waals surface area contributed by atoms with Gasteiger partial charge in [-0.15, -0.1) is 6.58 Å². The van der Waals surface area contributed by atoms with Gasteiger partial charge in [0.2, 0.25) is 0 Å². The maximum absolute atomic E-state index is 12.7. The number of allylic oxidation sites excluding steroid dienone is 1. The quantitative estimate of drug-likeness (QED) is 0.489. The molecule has 1 heterocycles. The number of rotatable bonds is 6. The van der Waals surface area contributed by atoms with E-state index in [2.05, 4.69) is 11.9 Å². The lowest BCUT2D eigenvalue weighted by Crippen LogP contribution is -2.28. The maximum atomic E-state index is 12.7. The molecule has 6 heteroatoms. The second kappa shape index (κ2) is 7.93. The molecule has 29 heavy (non-hydrogen) atoms. The molecule has 0 fully saturated rings. The van der Waals surface area contributed by atoms with E-state index in [9.17, 15) is 9.59 Å². The van der Waals surface area contributed by atoms with Crippen LogP contribution in [-0.4, -0.2) is 13.0 Å². The lowest BCUT2D eigenvalue weighted by Gasteiger charge is -2.19. The van der Waals surface area contributed by atoms with Gasteiger partial charge in [-0.2, -0.15) is 0 Å². The maximum Gasteiger partial charge on any atom is 0.349 e. The van der Waals surface area contributed by atoms with E-state index in [0.29, 0.717) is 34.4 Å². The first-order valence-corrected chi connectivity index (χ1v) is 9.20. The summed E-state index contributed by atoms with van der Waals surface area (Å²) in [7, 11) is 1.55. The summed E-state index contributed by atoms with van der Waals surface area (Å²) in [5, 5.41) is 3.36. The van der Waals surface area contributed by atoms with Crippen LogP contribution in [0.15, 0.2) is 64.3 Å². The fourth-order valence-corrected chi connectivity index (χ4v) is 3.09. The summed E-state index contributed by atoms with van der Waals surface area (Å²) in [5.74, 6) is 0.0576. The monoisotopic (exact) mass is 392 g/mol. The van der Waals surface area contributed by atoms with E-state index in [0.717, 1.165) is 5.56 Å². The van der Waals surface area contributed by atoms with E-state index in [-0.39, 0.29) is 5.56 Å². The molecule has 0 saturated carbocycles. The third-order valence-electron chi connectivity index (χ3n) is 4.66. The Bertz CT molecular complexity index is 1120. The number of methoxy groups -OCH3 is 1. The molecule has 1 aromatic heterocycles. The van der Waals surface area contributed by atoms with Crippen molar-refractivity contribution in [2.45, 2.75) is 25.8 Å². The Balaban J connectivity index is 1.95. The molecule has 0 bridgehead atoms. The molecule has 2 aromatic carbocycles. The molecule has 0 radical (unpaired) electrons. The summed E-state index contributed by atoms with van der Waals surface area (Å²) in [6.07, 6.45) is 2.17. The Morgan fingerprint density at radius 2 is 1.93 bits per heavy atom. The fraction of sp³-hybridized carbons (Fsp3) is 0.217. The summed E-state index contributed by atoms with van der Waals surface area (Å²) in [5.41, 5.74) is 7.40. The fourth-order valence-electron chi connectivity index (χ4n) is 3.09. The largest absolute Gasteiger partial charge is 0.496 e. The van der Waals surface area contributed by atoms with Crippen LogP contribution in [0.1, 0.15) is 35.3 Å². The van der Waals surface area contributed by atoms with Gasteiger partial charge in [-0.25, -0.2) is 4.79 Å². The molecule has 6 nitrogen and oxygen atoms in total. The van der Waals surface area contributed by atoms with Crippen molar-refractivity contribution < 1.29 is 13.9 Å². The number of nitrogens with one attached hydrogen (secondary N) is 1. The van der Waals surface area contributed by atoms with Gasteiger partial charge in [0.15, 0.2) is 0 Å². The number of carbonyl (C=O) groups is 1. The molecular weight excluding hydrogens is 368 g/mol. The minimum atomic E-state index is -0.715. The van der Waals surface area contributed by atoms with E-state index in [1.807, 2.05) is 26.0 Å². The van der Waals surface area contributed by atoms with Gasteiger partial charge < -0.3 is 20.2 Å². The number of fused-ring (bicyclic) bond motifs is 1. The number of anilines is 1. The zero-order valence-electron chi connectivity index (χ0n) is 16.7. The molecule has 0 aliphatic carbocycles. The second-order valence-corrected chi connectivity index (χ2v) is 7.36. The number of ether oxygens (including phenoxy) is 1. The van der Waals surface area contributed by atoms with Gasteiger partial charge in [-0.05, 0) is 56.2 Å². The highest BCUT2D eigenvalue weighted by Gasteiger charge is 2.18. The van der Waals surface area contributed by atoms with Gasteiger partial charge in [-0.1, -0.05) is 18.2 Å². The average molecular weight is 392 g/mol. The molecule has 0 aliphatic rings. The number of hydrogen-bond donors (Lipinski definition) is 2. The Kier molecular flexibility index (Phi) is 5.57. The van der Waals surface area contributed by atoms with Crippen molar-refractivity contribution in [3.63, 3.8) is 0 Å². The molecule has 0 atom stereocenters. The first kappa shape index (κ1) is 20.4. The predicted molar refractivity (Wildman–Crippen MR) is 115 cm³/mol. The standard InChI is InChI=1S/C23H24N2O4/c1-5-6-17-19(28-4)12-7-14-13-18(22(27)29-20(14)17)21(26)25-16-10-8-15(9-11-16)23(2,3)24/h5,7-13H,1,6,24H2,2-4H3,(H,25,26). The van der Waals surface area contributed by atoms with Crippen molar-refractivity contribution in [2.75, 3.05) is 12.4 Å². The molecule has 3 N–H and O–H groups in total. The number of nitrogens with two attached hydrogens (primary N) is 1. The van der Waals surface area contributed by atoms with Crippen LogP contribution in [0.3, 0.4) is 0 Å². The Morgan fingerprint density at radius 3 is 2.52 bits per heavy atom. The lowest BCUT2D eigenvalue weighted by atomic mass is 9.95. The summed E-state index contributed by atoms with van der Waals surface area (Å²) in [6.45, 7) is 7.53. The summed E-state index contributed by atoms with van der Waals surface area (Å²) < 4.78 is 10.8. The SMILES string of the molecule is C=CCc1c(OC)ccc2cc(C(=O)Nc3ccc(C(C)(C)N)cc3)c(=O)oc12. The Labute approximate surface area is 169 Å². The van der Waals surface area contributed by atoms with Crippen LogP contribution in [0.5, 0.6) is 5.75 Å². The highest BCUT2D eigenvalue weighted by atomic mass is 16.5. The van der Waals surface area contributed by atoms with Crippen LogP contribution in [0.2, 0.25) is 0 Å². The number of hydrogen-bond acceptors (Lipinski definition) is 5. The van der Waals surface area contributed by atoms with Crippen LogP contribution in [0.25, 0.3) is 11.0 Å². The van der Waals surface area contributed by atoms with Gasteiger partial charge in [0.05, 0.1) is 7.11 Å². The van der Waals surface area contributed by atoms with Crippen molar-refractivity contribution in [2.24, 2.45) is 5.73 Å². The molecule has 1 amide bonds. The molecule has 0 unspecified atom stereocenters. The average Bonchev–Trinajstić information content (AvgIpc) is 2.68. The van der Waals surface area contributed by atoms with Crippen molar-refractivity contribution in [3.05, 3.63) is 82.2 Å². The van der Waals surface area contributed by atoms with Gasteiger partial charge in [0.1, 0.15) is 16.9 Å². The third-order valence-corrected chi connectivity index (χ3v) is 4.66. The molecule has 3 aromatic rings. The van der Waals surface area contributed by atoms with Crippen LogP contribution >= 0.6 is 0 Å². The molecule has 0 saturated heterocycles. The first-order valence-electron chi connectivity index (χ1n) is 9.20. The van der Waals surface area contributed by atoms with Crippen LogP contribution < -0.4 is 21.4 Å². The Hall–Kier alpha value is -3.38. The normalized spacial score (nSPS) is 11.3. The highest BCUT2D eigenvalue weighted by Crippen LogP contribution is 2.28. The van der Waals surface area contributed by atoms with E-state index in [4.69, 9.17) is 14.9 Å². The van der Waals surface area contributed by atoms with Gasteiger partial charge in [-0.3, -0.25) is 4.79 Å². The molecule has 3 rings (SSSR count). The zero-order valence-corrected chi connectivity index (χ0v) is 16.7. The predicted octanol–water partition coefficient (Wildman–Crippen LogP) is 3.98. The topological polar surface area (TPSA) is 94.6 Å². The number of carbonyl (C=O) groups excluding carboxylic acids is 1. The number of amides is 1. The van der Waals surface area contributed by atoms with Gasteiger partial charge in [0.25, 0.3) is 5.91 Å². The summed E-state index contributed by atoms with van der Waals surface area (Å²) in [4.78, 5) is 25.2. The smallest absolute Gasteiger partial charge is 0.349 e. The van der Waals surface area contributed by atoms with E-state index < -0.39 is 17.1 Å². The molecule has 0 spiro atoms. The van der Waals surface area contributed by atoms with Crippen LogP contribution in [-0.2, 0) is 12.0 Å². The molecule has 0 aliphatic heterocycles. The van der Waals surface area contributed by atoms with Crippen molar-refractivity contribution >= 4 is 22.6 Å². The zero-order chi connectivity index (χ0) is 21.2. The van der Waals surface area contributed by atoms with Crippen LogP contribution in [0.4, 0.5) is 5.69 Å². The highest BCUT2D eigenvalue weighted by molar-refractivity contribution is 6.05. The summed E-state index contributed by atoms with van der Waals surface area (Å²) >= 11 is 0. The van der Waals surface area contributed by atoms with Crippen molar-refractivity contribution in [1.29, 1.82) is 0 Å². The van der Waals surface area contributed by atoms with Crippen molar-refractivity contribution in [3.8, 4) is 5.75 Å². The van der Waals surface area contributed by atoms with E-state index >= 15 is 0 Å². The lowest BCUT2D eigenvalue weighted by molar-refractivity contribution is 0.102. The third kappa shape index (κ3) is 4.22. The van der Waals surface area contributed by atoms with Crippen LogP contribution in [0, 0.1) is 0 Å². The molecule has 150 valence electrons. The first-order chi connectivity index (χ1) is 13.7. The second-order valence-electron chi connectivity index (χ2n) is 7.36. The van der Waals surface area contributed by atoms with E-state index in [1.165, 1.54) is 6.07 Å². The Morgan fingerprint density at radius 1 is 1.24 bits per heavy atom. The van der Waals surface area contributed by atoms with Gasteiger partial charge >= 0.3 is 5.63 Å².